The number of para-hydroxylation sites is 2. The van der Waals surface area contributed by atoms with E-state index >= 15 is 0 Å². The molecular formula is C27H20N2O5. The Kier molecular flexibility index (Phi) is 5.74. The van der Waals surface area contributed by atoms with Crippen molar-refractivity contribution < 1.29 is 23.6 Å². The van der Waals surface area contributed by atoms with Crippen molar-refractivity contribution in [3.8, 4) is 11.1 Å². The fraction of sp³-hybridized carbons (Fsp3) is 0.111. The van der Waals surface area contributed by atoms with E-state index < -0.39 is 11.9 Å². The van der Waals surface area contributed by atoms with Gasteiger partial charge >= 0.3 is 11.9 Å². The monoisotopic (exact) mass is 452 g/mol. The minimum atomic E-state index is -0.550. The zero-order valence-corrected chi connectivity index (χ0v) is 18.4. The summed E-state index contributed by atoms with van der Waals surface area (Å²) in [4.78, 5) is 30.2. The molecule has 7 heteroatoms. The van der Waals surface area contributed by atoms with Crippen LogP contribution in [-0.4, -0.2) is 29.2 Å². The van der Waals surface area contributed by atoms with Crippen LogP contribution in [0.4, 0.5) is 0 Å². The smallest absolute Gasteiger partial charge is 0.340 e. The van der Waals surface area contributed by atoms with Crippen molar-refractivity contribution in [2.45, 2.75) is 13.0 Å². The summed E-state index contributed by atoms with van der Waals surface area (Å²) >= 11 is 0. The number of rotatable bonds is 6. The predicted molar refractivity (Wildman–Crippen MR) is 126 cm³/mol. The summed E-state index contributed by atoms with van der Waals surface area (Å²) in [5.74, 6) is -1.06. The maximum atomic E-state index is 12.9. The lowest BCUT2D eigenvalue weighted by molar-refractivity contribution is -0.144. The van der Waals surface area contributed by atoms with E-state index in [1.165, 1.54) is 7.11 Å². The van der Waals surface area contributed by atoms with Crippen molar-refractivity contribution in [2.24, 2.45) is 0 Å². The van der Waals surface area contributed by atoms with Gasteiger partial charge in [-0.1, -0.05) is 65.8 Å². The normalized spacial score (nSPS) is 11.0. The number of carbonyl (C=O) groups is 2. The molecular weight excluding hydrogens is 432 g/mol. The number of carbonyl (C=O) groups excluding carboxylic acids is 2. The molecule has 2 aromatic heterocycles. The highest BCUT2D eigenvalue weighted by molar-refractivity contribution is 6.07. The van der Waals surface area contributed by atoms with Crippen molar-refractivity contribution in [1.82, 2.24) is 10.1 Å². The molecule has 0 aliphatic rings. The number of pyridine rings is 1. The number of benzene rings is 3. The van der Waals surface area contributed by atoms with Crippen LogP contribution in [0.1, 0.15) is 21.7 Å². The Labute approximate surface area is 194 Å². The number of hydrogen-bond donors (Lipinski definition) is 0. The van der Waals surface area contributed by atoms with Crippen LogP contribution < -0.4 is 0 Å². The SMILES string of the molecule is COC(=O)c1c(COC(=O)Cc2noc3ccccc23)nc2ccccc2c1-c1ccccc1. The average Bonchev–Trinajstić information content (AvgIpc) is 3.29. The number of nitrogens with zero attached hydrogens (tertiary/aromatic N) is 2. The minimum absolute atomic E-state index is 0.0658. The molecule has 0 saturated carbocycles. The van der Waals surface area contributed by atoms with Crippen LogP contribution >= 0.6 is 0 Å². The fourth-order valence-corrected chi connectivity index (χ4v) is 4.00. The van der Waals surface area contributed by atoms with E-state index in [2.05, 4.69) is 10.1 Å². The molecule has 0 fully saturated rings. The lowest BCUT2D eigenvalue weighted by Gasteiger charge is -2.16. The molecule has 0 spiro atoms. The third kappa shape index (κ3) is 3.99. The Morgan fingerprint density at radius 3 is 2.35 bits per heavy atom. The fourth-order valence-electron chi connectivity index (χ4n) is 4.00. The molecule has 168 valence electrons. The Hall–Kier alpha value is -4.52. The number of aromatic nitrogens is 2. The van der Waals surface area contributed by atoms with Crippen LogP contribution in [0.5, 0.6) is 0 Å². The molecule has 0 amide bonds. The van der Waals surface area contributed by atoms with Gasteiger partial charge in [-0.05, 0) is 23.8 Å². The van der Waals surface area contributed by atoms with Crippen LogP contribution in [0.2, 0.25) is 0 Å². The standard InChI is InChI=1S/C27H20N2O5/c1-32-27(31)26-22(16-33-24(30)15-21-18-11-6-8-14-23(18)34-29-21)28-20-13-7-5-12-19(20)25(26)17-9-3-2-4-10-17/h2-14H,15-16H2,1H3. The molecule has 5 rings (SSSR count). The first kappa shape index (κ1) is 21.3. The summed E-state index contributed by atoms with van der Waals surface area (Å²) in [6.45, 7) is -0.191. The summed E-state index contributed by atoms with van der Waals surface area (Å²) in [7, 11) is 1.32. The third-order valence-electron chi connectivity index (χ3n) is 5.55. The molecule has 0 saturated heterocycles. The van der Waals surface area contributed by atoms with Crippen molar-refractivity contribution in [3.05, 3.63) is 95.8 Å². The number of hydrogen-bond acceptors (Lipinski definition) is 7. The molecule has 0 radical (unpaired) electrons. The molecule has 0 unspecified atom stereocenters. The van der Waals surface area contributed by atoms with Gasteiger partial charge in [-0.3, -0.25) is 4.79 Å². The summed E-state index contributed by atoms with van der Waals surface area (Å²) < 4.78 is 15.9. The highest BCUT2D eigenvalue weighted by Crippen LogP contribution is 2.34. The molecule has 0 aliphatic carbocycles. The summed E-state index contributed by atoms with van der Waals surface area (Å²) in [5.41, 5.74) is 3.89. The van der Waals surface area contributed by atoms with Gasteiger partial charge in [0.15, 0.2) is 5.58 Å². The Bertz CT molecular complexity index is 1510. The molecule has 5 aromatic rings. The third-order valence-corrected chi connectivity index (χ3v) is 5.55. The quantitative estimate of drug-likeness (QED) is 0.330. The highest BCUT2D eigenvalue weighted by atomic mass is 16.5. The van der Waals surface area contributed by atoms with Crippen LogP contribution in [0, 0.1) is 0 Å². The molecule has 0 aliphatic heterocycles. The number of ether oxygens (including phenoxy) is 2. The molecule has 0 N–H and O–H groups in total. The maximum absolute atomic E-state index is 12.9. The van der Waals surface area contributed by atoms with Crippen LogP contribution in [0.15, 0.2) is 83.4 Å². The van der Waals surface area contributed by atoms with Crippen molar-refractivity contribution >= 4 is 33.8 Å². The van der Waals surface area contributed by atoms with E-state index in [-0.39, 0.29) is 18.6 Å². The maximum Gasteiger partial charge on any atom is 0.340 e. The van der Waals surface area contributed by atoms with Gasteiger partial charge in [-0.15, -0.1) is 0 Å². The van der Waals surface area contributed by atoms with Crippen LogP contribution in [0.25, 0.3) is 33.0 Å². The average molecular weight is 452 g/mol. The number of methoxy groups -OCH3 is 1. The summed E-state index contributed by atoms with van der Waals surface area (Å²) in [6, 6.07) is 24.3. The van der Waals surface area contributed by atoms with E-state index in [4.69, 9.17) is 14.0 Å². The van der Waals surface area contributed by atoms with Crippen molar-refractivity contribution in [3.63, 3.8) is 0 Å². The van der Waals surface area contributed by atoms with Gasteiger partial charge in [0.2, 0.25) is 0 Å². The molecule has 3 aromatic carbocycles. The van der Waals surface area contributed by atoms with Crippen LogP contribution in [-0.2, 0) is 27.3 Å². The highest BCUT2D eigenvalue weighted by Gasteiger charge is 2.24. The van der Waals surface area contributed by atoms with Gasteiger partial charge < -0.3 is 14.0 Å². The first-order valence-corrected chi connectivity index (χ1v) is 10.7. The largest absolute Gasteiger partial charge is 0.465 e. The van der Waals surface area contributed by atoms with E-state index in [9.17, 15) is 9.59 Å². The lowest BCUT2D eigenvalue weighted by atomic mass is 9.94. The minimum Gasteiger partial charge on any atom is -0.465 e. The topological polar surface area (TPSA) is 91.5 Å². The lowest BCUT2D eigenvalue weighted by Crippen LogP contribution is -2.15. The van der Waals surface area contributed by atoms with Gasteiger partial charge in [0, 0.05) is 16.3 Å². The second kappa shape index (κ2) is 9.15. The Morgan fingerprint density at radius 1 is 0.853 bits per heavy atom. The number of fused-ring (bicyclic) bond motifs is 2. The van der Waals surface area contributed by atoms with Gasteiger partial charge in [0.25, 0.3) is 0 Å². The predicted octanol–water partition coefficient (Wildman–Crippen LogP) is 5.12. The molecule has 34 heavy (non-hydrogen) atoms. The molecule has 0 atom stereocenters. The van der Waals surface area contributed by atoms with E-state index in [0.717, 1.165) is 16.3 Å². The zero-order chi connectivity index (χ0) is 23.5. The van der Waals surface area contributed by atoms with E-state index in [1.54, 1.807) is 6.07 Å². The molecule has 7 nitrogen and oxygen atoms in total. The first-order chi connectivity index (χ1) is 16.7. The molecule has 0 bridgehead atoms. The van der Waals surface area contributed by atoms with Crippen LogP contribution in [0.3, 0.4) is 0 Å². The first-order valence-electron chi connectivity index (χ1n) is 10.7. The van der Waals surface area contributed by atoms with Gasteiger partial charge in [0.05, 0.1) is 30.3 Å². The van der Waals surface area contributed by atoms with Gasteiger partial charge in [-0.25, -0.2) is 9.78 Å². The number of esters is 2. The Balaban J connectivity index is 1.51. The Morgan fingerprint density at radius 2 is 1.56 bits per heavy atom. The second-order valence-electron chi connectivity index (χ2n) is 7.65. The van der Waals surface area contributed by atoms with E-state index in [1.807, 2.05) is 72.8 Å². The molecule has 2 heterocycles. The summed E-state index contributed by atoms with van der Waals surface area (Å²) in [5, 5.41) is 5.54. The zero-order valence-electron chi connectivity index (χ0n) is 18.4. The summed E-state index contributed by atoms with van der Waals surface area (Å²) in [6.07, 6.45) is -0.0658. The van der Waals surface area contributed by atoms with Crippen molar-refractivity contribution in [1.29, 1.82) is 0 Å². The second-order valence-corrected chi connectivity index (χ2v) is 7.65. The van der Waals surface area contributed by atoms with E-state index in [0.29, 0.717) is 28.1 Å². The van der Waals surface area contributed by atoms with Crippen molar-refractivity contribution in [2.75, 3.05) is 7.11 Å². The van der Waals surface area contributed by atoms with Gasteiger partial charge in [0.1, 0.15) is 12.3 Å². The van der Waals surface area contributed by atoms with Gasteiger partial charge in [-0.2, -0.15) is 0 Å².